The minimum absolute atomic E-state index is 0.0508. The number of β-lactam (4-membered cyclic amide) rings is 1. The van der Waals surface area contributed by atoms with Gasteiger partial charge in [-0.25, -0.2) is 9.59 Å². The van der Waals surface area contributed by atoms with Crippen LogP contribution >= 0.6 is 11.8 Å². The zero-order chi connectivity index (χ0) is 22.7. The van der Waals surface area contributed by atoms with Crippen molar-refractivity contribution in [2.24, 2.45) is 5.92 Å². The van der Waals surface area contributed by atoms with Gasteiger partial charge in [-0.2, -0.15) is 0 Å². The van der Waals surface area contributed by atoms with E-state index in [2.05, 4.69) is 5.32 Å². The number of non-ortho nitro benzene ring substituents is 1. The lowest BCUT2D eigenvalue weighted by Gasteiger charge is -2.44. The van der Waals surface area contributed by atoms with Crippen LogP contribution in [0.2, 0.25) is 0 Å². The molecule has 0 radical (unpaired) electrons. The molecule has 0 saturated carbocycles. The molecule has 11 nitrogen and oxygen atoms in total. The zero-order valence-electron chi connectivity index (χ0n) is 16.5. The number of amides is 2. The lowest BCUT2D eigenvalue weighted by atomic mass is 9.83. The van der Waals surface area contributed by atoms with Gasteiger partial charge in [0.25, 0.3) is 5.69 Å². The molecule has 2 aliphatic heterocycles. The van der Waals surface area contributed by atoms with Crippen LogP contribution < -0.4 is 5.32 Å². The second-order valence-electron chi connectivity index (χ2n) is 7.10. The predicted octanol–water partition coefficient (Wildman–Crippen LogP) is 1.46. The Hall–Kier alpha value is -3.12. The molecule has 1 fully saturated rings. The van der Waals surface area contributed by atoms with Crippen LogP contribution in [0, 0.1) is 16.0 Å². The molecule has 1 aromatic carbocycles. The summed E-state index contributed by atoms with van der Waals surface area (Å²) in [5.41, 5.74) is 0.482. The Morgan fingerprint density at radius 3 is 2.65 bits per heavy atom. The second kappa shape index (κ2) is 9.35. The van der Waals surface area contributed by atoms with Crippen molar-refractivity contribution >= 4 is 35.4 Å². The molecule has 166 valence electrons. The maximum absolute atomic E-state index is 12.2. The Balaban J connectivity index is 1.44. The minimum atomic E-state index is -1.20. The fourth-order valence-corrected chi connectivity index (χ4v) is 4.66. The summed E-state index contributed by atoms with van der Waals surface area (Å²) < 4.78 is 5.04. The van der Waals surface area contributed by atoms with Gasteiger partial charge in [0, 0.05) is 35.8 Å². The van der Waals surface area contributed by atoms with Crippen LogP contribution in [0.5, 0.6) is 0 Å². The van der Waals surface area contributed by atoms with Crippen molar-refractivity contribution in [3.63, 3.8) is 0 Å². The predicted molar refractivity (Wildman–Crippen MR) is 109 cm³/mol. The van der Waals surface area contributed by atoms with Gasteiger partial charge in [0.15, 0.2) is 0 Å². The number of nitrogens with one attached hydrogen (secondary N) is 1. The topological polar surface area (TPSA) is 159 Å². The van der Waals surface area contributed by atoms with Gasteiger partial charge >= 0.3 is 12.1 Å². The molecule has 0 bridgehead atoms. The van der Waals surface area contributed by atoms with Crippen molar-refractivity contribution < 1.29 is 34.3 Å². The van der Waals surface area contributed by atoms with E-state index in [1.165, 1.54) is 47.9 Å². The van der Waals surface area contributed by atoms with E-state index >= 15 is 0 Å². The van der Waals surface area contributed by atoms with Crippen LogP contribution in [-0.2, 0) is 20.9 Å². The average Bonchev–Trinajstić information content (AvgIpc) is 3.04. The van der Waals surface area contributed by atoms with Gasteiger partial charge in [-0.05, 0) is 24.6 Å². The number of nitrogens with zero attached hydrogens (tertiary/aromatic N) is 2. The monoisotopic (exact) mass is 451 g/mol. The van der Waals surface area contributed by atoms with E-state index in [1.54, 1.807) is 0 Å². The first-order chi connectivity index (χ1) is 14.7. The third kappa shape index (κ3) is 4.80. The number of hydrogen-bond donors (Lipinski definition) is 3. The number of benzene rings is 1. The number of aliphatic hydroxyl groups excluding tert-OH is 1. The minimum Gasteiger partial charge on any atom is -0.477 e. The molecule has 2 heterocycles. The van der Waals surface area contributed by atoms with Crippen molar-refractivity contribution in [1.82, 2.24) is 10.2 Å². The van der Waals surface area contributed by atoms with Gasteiger partial charge < -0.3 is 25.2 Å². The molecule has 0 unspecified atom stereocenters. The maximum atomic E-state index is 12.2. The molecule has 2 aliphatic rings. The highest BCUT2D eigenvalue weighted by atomic mass is 32.2. The lowest BCUT2D eigenvalue weighted by Crippen LogP contribution is -2.61. The van der Waals surface area contributed by atoms with Gasteiger partial charge in [0.1, 0.15) is 12.3 Å². The number of aliphatic carboxylic acids is 1. The number of rotatable bonds is 9. The zero-order valence-corrected chi connectivity index (χ0v) is 17.3. The summed E-state index contributed by atoms with van der Waals surface area (Å²) in [7, 11) is 0. The van der Waals surface area contributed by atoms with Gasteiger partial charge in [-0.1, -0.05) is 0 Å². The highest BCUT2D eigenvalue weighted by molar-refractivity contribution is 8.03. The maximum Gasteiger partial charge on any atom is 0.407 e. The summed E-state index contributed by atoms with van der Waals surface area (Å²) in [5, 5.41) is 32.4. The second-order valence-corrected chi connectivity index (χ2v) is 8.29. The SMILES string of the molecule is C[C@@H](O)[C@H]1C(=O)N2C(C(=O)O)=C(SCCNC(=O)OCc3ccc([N+](=O)[O-])cc3)C[C@@H]12. The number of carbonyl (C=O) groups excluding carboxylic acids is 2. The number of carbonyl (C=O) groups is 3. The van der Waals surface area contributed by atoms with E-state index in [9.17, 15) is 34.7 Å². The number of nitro benzene ring substituents is 1. The Kier molecular flexibility index (Phi) is 6.81. The van der Waals surface area contributed by atoms with Crippen LogP contribution in [0.4, 0.5) is 10.5 Å². The van der Waals surface area contributed by atoms with Gasteiger partial charge in [-0.3, -0.25) is 14.9 Å². The first kappa shape index (κ1) is 22.6. The fraction of sp³-hybridized carbons (Fsp3) is 0.421. The van der Waals surface area contributed by atoms with Gasteiger partial charge in [0.05, 0.1) is 23.0 Å². The average molecular weight is 451 g/mol. The summed E-state index contributed by atoms with van der Waals surface area (Å²) in [5.74, 6) is -1.81. The third-order valence-electron chi connectivity index (χ3n) is 5.06. The van der Waals surface area contributed by atoms with E-state index in [4.69, 9.17) is 4.74 Å². The molecule has 31 heavy (non-hydrogen) atoms. The standard InChI is InChI=1S/C19H21N3O8S/c1-10(23)15-13-8-14(16(18(25)26)21(13)17(15)24)31-7-6-20-19(27)30-9-11-2-4-12(5-3-11)22(28)29/h2-5,10,13,15,23H,6-9H2,1H3,(H,20,27)(H,25,26)/t10-,13+,15-/m1/s1. The first-order valence-electron chi connectivity index (χ1n) is 9.45. The van der Waals surface area contributed by atoms with Crippen LogP contribution in [0.1, 0.15) is 18.9 Å². The van der Waals surface area contributed by atoms with Crippen LogP contribution in [0.25, 0.3) is 0 Å². The molecule has 2 amide bonds. The Labute approximate surface area is 181 Å². The van der Waals surface area contributed by atoms with Crippen molar-refractivity contribution in [3.8, 4) is 0 Å². The molecule has 1 saturated heterocycles. The number of nitro groups is 1. The Morgan fingerprint density at radius 1 is 1.39 bits per heavy atom. The third-order valence-corrected chi connectivity index (χ3v) is 6.17. The van der Waals surface area contributed by atoms with E-state index in [0.29, 0.717) is 22.6 Å². The number of ether oxygens (including phenoxy) is 1. The lowest BCUT2D eigenvalue weighted by molar-refractivity contribution is -0.384. The van der Waals surface area contributed by atoms with E-state index < -0.39 is 29.0 Å². The number of hydrogen-bond acceptors (Lipinski definition) is 8. The van der Waals surface area contributed by atoms with E-state index in [1.807, 2.05) is 0 Å². The number of carboxylic acids is 1. The van der Waals surface area contributed by atoms with Crippen LogP contribution in [0.15, 0.2) is 34.9 Å². The Bertz CT molecular complexity index is 931. The van der Waals surface area contributed by atoms with Crippen molar-refractivity contribution in [2.45, 2.75) is 32.1 Å². The molecule has 12 heteroatoms. The van der Waals surface area contributed by atoms with Crippen molar-refractivity contribution in [1.29, 1.82) is 0 Å². The summed E-state index contributed by atoms with van der Waals surface area (Å²) in [6, 6.07) is 5.28. The number of fused-ring (bicyclic) bond motifs is 1. The highest BCUT2D eigenvalue weighted by Crippen LogP contribution is 2.46. The summed E-state index contributed by atoms with van der Waals surface area (Å²) >= 11 is 1.23. The highest BCUT2D eigenvalue weighted by Gasteiger charge is 2.56. The molecule has 0 aromatic heterocycles. The molecule has 1 aromatic rings. The molecular weight excluding hydrogens is 430 g/mol. The number of alkyl carbamates (subject to hydrolysis) is 1. The quantitative estimate of drug-likeness (QED) is 0.219. The van der Waals surface area contributed by atoms with Gasteiger partial charge in [0.2, 0.25) is 5.91 Å². The summed E-state index contributed by atoms with van der Waals surface area (Å²) in [6.07, 6.45) is -1.16. The molecular formula is C19H21N3O8S. The molecule has 3 rings (SSSR count). The molecule has 3 atom stereocenters. The number of aliphatic hydroxyl groups is 1. The number of carboxylic acid groups (broad SMARTS) is 1. The first-order valence-corrected chi connectivity index (χ1v) is 10.4. The van der Waals surface area contributed by atoms with Gasteiger partial charge in [-0.15, -0.1) is 11.8 Å². The van der Waals surface area contributed by atoms with E-state index in [-0.39, 0.29) is 36.5 Å². The number of thioether (sulfide) groups is 1. The molecule has 0 aliphatic carbocycles. The smallest absolute Gasteiger partial charge is 0.407 e. The van der Waals surface area contributed by atoms with E-state index in [0.717, 1.165) is 0 Å². The van der Waals surface area contributed by atoms with Crippen LogP contribution in [-0.4, -0.2) is 62.4 Å². The fourth-order valence-electron chi connectivity index (χ4n) is 3.60. The molecule has 0 spiro atoms. The van der Waals surface area contributed by atoms with Crippen molar-refractivity contribution in [2.75, 3.05) is 12.3 Å². The summed E-state index contributed by atoms with van der Waals surface area (Å²) in [4.78, 5) is 47.4. The molecule has 3 N–H and O–H groups in total. The summed E-state index contributed by atoms with van der Waals surface area (Å²) in [6.45, 7) is 1.67. The largest absolute Gasteiger partial charge is 0.477 e. The normalized spacial score (nSPS) is 20.7. The van der Waals surface area contributed by atoms with Crippen molar-refractivity contribution in [3.05, 3.63) is 50.5 Å². The Morgan fingerprint density at radius 2 is 2.06 bits per heavy atom. The van der Waals surface area contributed by atoms with Crippen LogP contribution in [0.3, 0.4) is 0 Å².